The van der Waals surface area contributed by atoms with Crippen molar-refractivity contribution in [2.45, 2.75) is 39.7 Å². The number of primary amides is 1. The lowest BCUT2D eigenvalue weighted by Gasteiger charge is -2.21. The fourth-order valence-electron chi connectivity index (χ4n) is 1.89. The molecule has 2 heterocycles. The van der Waals surface area contributed by atoms with Gasteiger partial charge in [-0.25, -0.2) is 14.6 Å². The van der Waals surface area contributed by atoms with E-state index in [1.807, 2.05) is 45.9 Å². The van der Waals surface area contributed by atoms with E-state index in [0.717, 1.165) is 11.4 Å². The second kappa shape index (κ2) is 5.03. The first-order valence-corrected chi connectivity index (χ1v) is 6.46. The first-order chi connectivity index (χ1) is 9.27. The third kappa shape index (κ3) is 3.01. The predicted octanol–water partition coefficient (Wildman–Crippen LogP) is 1.43. The standard InChI is InChI=1S/C14H19N5O/c1-9-6-5-7-10(16-9)13-17-12(8-11(15)20)18-19(13)14(2,3)4/h5-7H,8H2,1-4H3,(H2,15,20). The van der Waals surface area contributed by atoms with Gasteiger partial charge in [-0.1, -0.05) is 6.07 Å². The van der Waals surface area contributed by atoms with Crippen molar-refractivity contribution in [1.82, 2.24) is 19.7 Å². The van der Waals surface area contributed by atoms with Crippen LogP contribution in [0.2, 0.25) is 0 Å². The molecule has 6 heteroatoms. The predicted molar refractivity (Wildman–Crippen MR) is 75.9 cm³/mol. The quantitative estimate of drug-likeness (QED) is 0.916. The largest absolute Gasteiger partial charge is 0.369 e. The van der Waals surface area contributed by atoms with E-state index in [1.165, 1.54) is 0 Å². The Labute approximate surface area is 118 Å². The molecule has 0 bridgehead atoms. The highest BCUT2D eigenvalue weighted by Gasteiger charge is 2.23. The van der Waals surface area contributed by atoms with Crippen LogP contribution in [0.3, 0.4) is 0 Å². The average Bonchev–Trinajstić information content (AvgIpc) is 2.71. The van der Waals surface area contributed by atoms with Crippen LogP contribution in [-0.4, -0.2) is 25.7 Å². The molecule has 6 nitrogen and oxygen atoms in total. The molecule has 0 saturated heterocycles. The van der Waals surface area contributed by atoms with Gasteiger partial charge in [-0.2, -0.15) is 5.10 Å². The summed E-state index contributed by atoms with van der Waals surface area (Å²) < 4.78 is 1.78. The fourth-order valence-corrected chi connectivity index (χ4v) is 1.89. The Kier molecular flexibility index (Phi) is 3.57. The summed E-state index contributed by atoms with van der Waals surface area (Å²) in [6.45, 7) is 7.99. The van der Waals surface area contributed by atoms with Gasteiger partial charge in [-0.3, -0.25) is 4.79 Å². The topological polar surface area (TPSA) is 86.7 Å². The van der Waals surface area contributed by atoms with Crippen molar-refractivity contribution in [3.8, 4) is 11.5 Å². The Bertz CT molecular complexity index is 639. The average molecular weight is 273 g/mol. The van der Waals surface area contributed by atoms with E-state index in [2.05, 4.69) is 15.1 Å². The van der Waals surface area contributed by atoms with Crippen molar-refractivity contribution in [3.05, 3.63) is 29.7 Å². The smallest absolute Gasteiger partial charge is 0.225 e. The molecular weight excluding hydrogens is 254 g/mol. The summed E-state index contributed by atoms with van der Waals surface area (Å²) >= 11 is 0. The van der Waals surface area contributed by atoms with Gasteiger partial charge >= 0.3 is 0 Å². The minimum absolute atomic E-state index is 0.0297. The van der Waals surface area contributed by atoms with Crippen LogP contribution in [0.25, 0.3) is 11.5 Å². The number of rotatable bonds is 3. The zero-order chi connectivity index (χ0) is 14.9. The lowest BCUT2D eigenvalue weighted by atomic mass is 10.1. The summed E-state index contributed by atoms with van der Waals surface area (Å²) in [5, 5.41) is 4.39. The van der Waals surface area contributed by atoms with Crippen LogP contribution >= 0.6 is 0 Å². The van der Waals surface area contributed by atoms with Crippen LogP contribution in [-0.2, 0) is 16.8 Å². The Morgan fingerprint density at radius 2 is 2.00 bits per heavy atom. The highest BCUT2D eigenvalue weighted by Crippen LogP contribution is 2.23. The van der Waals surface area contributed by atoms with E-state index >= 15 is 0 Å². The van der Waals surface area contributed by atoms with Crippen molar-refractivity contribution in [2.75, 3.05) is 0 Å². The van der Waals surface area contributed by atoms with Crippen molar-refractivity contribution in [1.29, 1.82) is 0 Å². The number of nitrogens with zero attached hydrogens (tertiary/aromatic N) is 4. The van der Waals surface area contributed by atoms with Crippen LogP contribution in [0.4, 0.5) is 0 Å². The molecule has 2 rings (SSSR count). The fraction of sp³-hybridized carbons (Fsp3) is 0.429. The van der Waals surface area contributed by atoms with Crippen molar-refractivity contribution in [3.63, 3.8) is 0 Å². The van der Waals surface area contributed by atoms with Gasteiger partial charge in [0.15, 0.2) is 11.6 Å². The Balaban J connectivity index is 2.55. The number of carbonyl (C=O) groups excluding carboxylic acids is 1. The number of hydrogen-bond acceptors (Lipinski definition) is 4. The Hall–Kier alpha value is -2.24. The van der Waals surface area contributed by atoms with Gasteiger partial charge < -0.3 is 5.73 Å². The molecule has 106 valence electrons. The molecule has 0 saturated carbocycles. The summed E-state index contributed by atoms with van der Waals surface area (Å²) in [5.41, 5.74) is 6.60. The van der Waals surface area contributed by atoms with Gasteiger partial charge in [0.1, 0.15) is 5.69 Å². The molecule has 2 aromatic rings. The number of carbonyl (C=O) groups is 1. The van der Waals surface area contributed by atoms with Gasteiger partial charge in [0.05, 0.1) is 12.0 Å². The molecule has 0 unspecified atom stereocenters. The molecule has 20 heavy (non-hydrogen) atoms. The molecule has 0 atom stereocenters. The monoisotopic (exact) mass is 273 g/mol. The van der Waals surface area contributed by atoms with Crippen molar-refractivity contribution >= 4 is 5.91 Å². The lowest BCUT2D eigenvalue weighted by Crippen LogP contribution is -2.25. The maximum atomic E-state index is 11.0. The first kappa shape index (κ1) is 14.2. The van der Waals surface area contributed by atoms with E-state index in [1.54, 1.807) is 4.68 Å². The van der Waals surface area contributed by atoms with Gasteiger partial charge in [0, 0.05) is 5.69 Å². The minimum Gasteiger partial charge on any atom is -0.369 e. The van der Waals surface area contributed by atoms with Crippen LogP contribution in [0.5, 0.6) is 0 Å². The highest BCUT2D eigenvalue weighted by atomic mass is 16.1. The normalized spacial score (nSPS) is 11.6. The third-order valence-electron chi connectivity index (χ3n) is 2.74. The molecule has 2 N–H and O–H groups in total. The number of pyridine rings is 1. The van der Waals surface area contributed by atoms with E-state index in [9.17, 15) is 4.79 Å². The molecule has 2 aromatic heterocycles. The van der Waals surface area contributed by atoms with Crippen molar-refractivity contribution < 1.29 is 4.79 Å². The van der Waals surface area contributed by atoms with E-state index in [-0.39, 0.29) is 12.0 Å². The molecule has 0 aliphatic heterocycles. The summed E-state index contributed by atoms with van der Waals surface area (Å²) in [7, 11) is 0. The Morgan fingerprint density at radius 1 is 1.30 bits per heavy atom. The number of aromatic nitrogens is 4. The second-order valence-electron chi connectivity index (χ2n) is 5.74. The lowest BCUT2D eigenvalue weighted by molar-refractivity contribution is -0.117. The van der Waals surface area contributed by atoms with Crippen molar-refractivity contribution in [2.24, 2.45) is 5.73 Å². The zero-order valence-corrected chi connectivity index (χ0v) is 12.2. The molecule has 0 fully saturated rings. The highest BCUT2D eigenvalue weighted by molar-refractivity contribution is 5.75. The van der Waals surface area contributed by atoms with Gasteiger partial charge in [-0.05, 0) is 39.8 Å². The third-order valence-corrected chi connectivity index (χ3v) is 2.74. The van der Waals surface area contributed by atoms with E-state index in [4.69, 9.17) is 5.73 Å². The maximum absolute atomic E-state index is 11.0. The van der Waals surface area contributed by atoms with Gasteiger partial charge in [0.2, 0.25) is 5.91 Å². The van der Waals surface area contributed by atoms with Crippen LogP contribution in [0.15, 0.2) is 18.2 Å². The summed E-state index contributed by atoms with van der Waals surface area (Å²) in [4.78, 5) is 19.9. The summed E-state index contributed by atoms with van der Waals surface area (Å²) in [6, 6.07) is 5.73. The molecule has 0 aliphatic rings. The Morgan fingerprint density at radius 3 is 2.55 bits per heavy atom. The van der Waals surface area contributed by atoms with E-state index < -0.39 is 5.91 Å². The van der Waals surface area contributed by atoms with Crippen LogP contribution in [0, 0.1) is 6.92 Å². The summed E-state index contributed by atoms with van der Waals surface area (Å²) in [5.74, 6) is 0.628. The molecular formula is C14H19N5O. The number of amides is 1. The van der Waals surface area contributed by atoms with Gasteiger partial charge in [-0.15, -0.1) is 0 Å². The van der Waals surface area contributed by atoms with Crippen LogP contribution < -0.4 is 5.73 Å². The zero-order valence-electron chi connectivity index (χ0n) is 12.2. The number of aryl methyl sites for hydroxylation is 1. The summed E-state index contributed by atoms with van der Waals surface area (Å²) in [6.07, 6.45) is 0.0297. The number of nitrogens with two attached hydrogens (primary N) is 1. The minimum atomic E-state index is -0.445. The molecule has 0 spiro atoms. The molecule has 0 radical (unpaired) electrons. The number of hydrogen-bond donors (Lipinski definition) is 1. The molecule has 0 aromatic carbocycles. The first-order valence-electron chi connectivity index (χ1n) is 6.46. The van der Waals surface area contributed by atoms with E-state index in [0.29, 0.717) is 11.6 Å². The second-order valence-corrected chi connectivity index (χ2v) is 5.74. The maximum Gasteiger partial charge on any atom is 0.225 e. The molecule has 0 aliphatic carbocycles. The van der Waals surface area contributed by atoms with Gasteiger partial charge in [0.25, 0.3) is 0 Å². The SMILES string of the molecule is Cc1cccc(-c2nc(CC(N)=O)nn2C(C)(C)C)n1. The van der Waals surface area contributed by atoms with Crippen LogP contribution in [0.1, 0.15) is 32.3 Å². The molecule has 1 amide bonds.